The van der Waals surface area contributed by atoms with Gasteiger partial charge in [-0.1, -0.05) is 30.3 Å². The maximum atomic E-state index is 9.00. The second-order valence-corrected chi connectivity index (χ2v) is 8.52. The Morgan fingerprint density at radius 3 is 2.25 bits per heavy atom. The van der Waals surface area contributed by atoms with Crippen LogP contribution in [0, 0.1) is 17.2 Å². The van der Waals surface area contributed by atoms with Crippen LogP contribution in [0.1, 0.15) is 36.0 Å². The zero-order valence-corrected chi connectivity index (χ0v) is 19.0. The maximum absolute atomic E-state index is 9.00. The Hall–Kier alpha value is -3.06. The monoisotopic (exact) mass is 438 g/mol. The molecular formula is C25H34N4O3. The SMILES string of the molecule is COc1cc2c(cc1OC)C(=N)C(CC1CCN(Cc3ccccc3)CC1)C2.NC(N)=O. The van der Waals surface area contributed by atoms with E-state index in [-0.39, 0.29) is 0 Å². The lowest BCUT2D eigenvalue weighted by Crippen LogP contribution is -2.34. The number of rotatable bonds is 6. The Bertz CT molecular complexity index is 920. The number of nitrogens with one attached hydrogen (secondary N) is 1. The molecule has 1 fully saturated rings. The molecule has 0 saturated carbocycles. The molecule has 32 heavy (non-hydrogen) atoms. The highest BCUT2D eigenvalue weighted by molar-refractivity contribution is 6.04. The number of primary amides is 2. The summed E-state index contributed by atoms with van der Waals surface area (Å²) in [5.74, 6) is 2.54. The van der Waals surface area contributed by atoms with Gasteiger partial charge in [0, 0.05) is 23.7 Å². The third-order valence-corrected chi connectivity index (χ3v) is 6.35. The molecule has 1 heterocycles. The quantitative estimate of drug-likeness (QED) is 0.639. The van der Waals surface area contributed by atoms with E-state index in [4.69, 9.17) is 19.7 Å². The average molecular weight is 439 g/mol. The van der Waals surface area contributed by atoms with Gasteiger partial charge in [-0.15, -0.1) is 0 Å². The molecule has 4 rings (SSSR count). The molecule has 0 spiro atoms. The van der Waals surface area contributed by atoms with Gasteiger partial charge in [0.2, 0.25) is 0 Å². The van der Waals surface area contributed by atoms with Crippen LogP contribution in [0.15, 0.2) is 42.5 Å². The fourth-order valence-electron chi connectivity index (χ4n) is 4.75. The smallest absolute Gasteiger partial charge is 0.309 e. The van der Waals surface area contributed by atoms with Gasteiger partial charge in [0.25, 0.3) is 0 Å². The van der Waals surface area contributed by atoms with Crippen LogP contribution in [0.25, 0.3) is 0 Å². The van der Waals surface area contributed by atoms with Crippen LogP contribution in [0.5, 0.6) is 11.5 Å². The van der Waals surface area contributed by atoms with Crippen LogP contribution < -0.4 is 20.9 Å². The van der Waals surface area contributed by atoms with Crippen molar-refractivity contribution in [2.75, 3.05) is 27.3 Å². The summed E-state index contributed by atoms with van der Waals surface area (Å²) in [7, 11) is 3.33. The van der Waals surface area contributed by atoms with Crippen molar-refractivity contribution in [3.63, 3.8) is 0 Å². The third-order valence-electron chi connectivity index (χ3n) is 6.35. The number of amides is 2. The number of fused-ring (bicyclic) bond motifs is 1. The summed E-state index contributed by atoms with van der Waals surface area (Å²) >= 11 is 0. The van der Waals surface area contributed by atoms with Crippen LogP contribution in [-0.4, -0.2) is 44.0 Å². The number of methoxy groups -OCH3 is 2. The maximum Gasteiger partial charge on any atom is 0.309 e. The van der Waals surface area contributed by atoms with Crippen molar-refractivity contribution < 1.29 is 14.3 Å². The van der Waals surface area contributed by atoms with Crippen molar-refractivity contribution in [1.29, 1.82) is 5.41 Å². The van der Waals surface area contributed by atoms with E-state index in [1.54, 1.807) is 14.2 Å². The highest BCUT2D eigenvalue weighted by Crippen LogP contribution is 2.39. The molecule has 0 bridgehead atoms. The van der Waals surface area contributed by atoms with Gasteiger partial charge in [0.15, 0.2) is 11.5 Å². The summed E-state index contributed by atoms with van der Waals surface area (Å²) in [4.78, 5) is 11.6. The first-order chi connectivity index (χ1) is 15.4. The van der Waals surface area contributed by atoms with Crippen LogP contribution >= 0.6 is 0 Å². The van der Waals surface area contributed by atoms with E-state index in [2.05, 4.69) is 52.8 Å². The minimum Gasteiger partial charge on any atom is -0.493 e. The molecular weight excluding hydrogens is 404 g/mol. The largest absolute Gasteiger partial charge is 0.493 e. The number of hydrogen-bond donors (Lipinski definition) is 3. The van der Waals surface area contributed by atoms with E-state index < -0.39 is 6.03 Å². The Balaban J connectivity index is 0.000000668. The topological polar surface area (TPSA) is 115 Å². The summed E-state index contributed by atoms with van der Waals surface area (Å²) in [6.07, 6.45) is 4.55. The van der Waals surface area contributed by atoms with Crippen LogP contribution in [-0.2, 0) is 13.0 Å². The summed E-state index contributed by atoms with van der Waals surface area (Å²) in [5, 5.41) is 8.69. The fourth-order valence-corrected chi connectivity index (χ4v) is 4.75. The minimum absolute atomic E-state index is 0.331. The predicted octanol–water partition coefficient (Wildman–Crippen LogP) is 3.57. The molecule has 2 aromatic rings. The molecule has 2 aromatic carbocycles. The molecule has 172 valence electrons. The lowest BCUT2D eigenvalue weighted by molar-refractivity contribution is 0.167. The number of hydrogen-bond acceptors (Lipinski definition) is 5. The van der Waals surface area contributed by atoms with Gasteiger partial charge in [-0.05, 0) is 68.0 Å². The predicted molar refractivity (Wildman–Crippen MR) is 126 cm³/mol. The molecule has 2 aliphatic rings. The van der Waals surface area contributed by atoms with E-state index in [1.807, 2.05) is 6.07 Å². The van der Waals surface area contributed by atoms with Gasteiger partial charge in [-0.2, -0.15) is 0 Å². The fraction of sp³-hybridized carbons (Fsp3) is 0.440. The molecule has 7 nitrogen and oxygen atoms in total. The summed E-state index contributed by atoms with van der Waals surface area (Å²) in [6, 6.07) is 14.0. The molecule has 1 unspecified atom stereocenters. The number of ether oxygens (including phenoxy) is 2. The first-order valence-electron chi connectivity index (χ1n) is 11.1. The first-order valence-corrected chi connectivity index (χ1v) is 11.1. The number of urea groups is 1. The lowest BCUT2D eigenvalue weighted by atomic mass is 9.85. The van der Waals surface area contributed by atoms with Gasteiger partial charge >= 0.3 is 6.03 Å². The highest BCUT2D eigenvalue weighted by Gasteiger charge is 2.32. The van der Waals surface area contributed by atoms with Gasteiger partial charge in [-0.25, -0.2) is 4.79 Å². The van der Waals surface area contributed by atoms with Gasteiger partial charge in [0.1, 0.15) is 0 Å². The molecule has 0 aromatic heterocycles. The van der Waals surface area contributed by atoms with E-state index in [0.29, 0.717) is 5.92 Å². The number of piperidine rings is 1. The summed E-state index contributed by atoms with van der Waals surface area (Å²) in [5.41, 5.74) is 13.0. The zero-order valence-electron chi connectivity index (χ0n) is 19.0. The third kappa shape index (κ3) is 6.01. The standard InChI is InChI=1S/C24H30N2O2.CH4N2O/c1-27-22-14-19-13-20(24(25)21(19)15-23(22)28-2)12-17-8-10-26(11-9-17)16-18-6-4-3-5-7-18;2-1(3)4/h3-7,14-15,17,20,25H,8-13,16H2,1-2H3;(H4,2,3,4). The molecule has 5 N–H and O–H groups in total. The number of carbonyl (C=O) groups is 1. The number of benzene rings is 2. The van der Waals surface area contributed by atoms with Crippen molar-refractivity contribution in [1.82, 2.24) is 4.90 Å². The second kappa shape index (κ2) is 11.0. The van der Waals surface area contributed by atoms with Gasteiger partial charge in [0.05, 0.1) is 14.2 Å². The highest BCUT2D eigenvalue weighted by atomic mass is 16.5. The van der Waals surface area contributed by atoms with E-state index >= 15 is 0 Å². The molecule has 1 saturated heterocycles. The van der Waals surface area contributed by atoms with E-state index in [1.165, 1.54) is 24.0 Å². The van der Waals surface area contributed by atoms with Crippen molar-refractivity contribution in [3.05, 3.63) is 59.2 Å². The van der Waals surface area contributed by atoms with Crippen molar-refractivity contribution in [2.45, 2.75) is 32.2 Å². The number of likely N-dealkylation sites (tertiary alicyclic amines) is 1. The van der Waals surface area contributed by atoms with Gasteiger partial charge < -0.3 is 26.4 Å². The van der Waals surface area contributed by atoms with Gasteiger partial charge in [-0.3, -0.25) is 4.90 Å². The van der Waals surface area contributed by atoms with Crippen molar-refractivity contribution in [2.24, 2.45) is 23.3 Å². The number of nitrogens with two attached hydrogens (primary N) is 2. The minimum atomic E-state index is -0.833. The molecule has 1 aliphatic heterocycles. The Morgan fingerprint density at radius 2 is 1.66 bits per heavy atom. The molecule has 7 heteroatoms. The van der Waals surface area contributed by atoms with Crippen LogP contribution in [0.2, 0.25) is 0 Å². The Labute approximate surface area is 190 Å². The molecule has 1 atom stereocenters. The molecule has 0 radical (unpaired) electrons. The summed E-state index contributed by atoms with van der Waals surface area (Å²) < 4.78 is 10.9. The van der Waals surface area contributed by atoms with E-state index in [0.717, 1.165) is 61.2 Å². The Kier molecular flexibility index (Phi) is 8.11. The van der Waals surface area contributed by atoms with Crippen LogP contribution in [0.4, 0.5) is 4.79 Å². The number of nitrogens with zero attached hydrogens (tertiary/aromatic N) is 1. The molecule has 1 aliphatic carbocycles. The molecule has 2 amide bonds. The Morgan fingerprint density at radius 1 is 1.06 bits per heavy atom. The lowest BCUT2D eigenvalue weighted by Gasteiger charge is -2.33. The van der Waals surface area contributed by atoms with Crippen molar-refractivity contribution in [3.8, 4) is 11.5 Å². The number of carbonyl (C=O) groups excluding carboxylic acids is 1. The summed E-state index contributed by atoms with van der Waals surface area (Å²) in [6.45, 7) is 3.38. The normalized spacial score (nSPS) is 18.4. The zero-order chi connectivity index (χ0) is 23.1. The first kappa shape index (κ1) is 23.6. The van der Waals surface area contributed by atoms with Crippen molar-refractivity contribution >= 4 is 11.7 Å². The van der Waals surface area contributed by atoms with E-state index in [9.17, 15) is 0 Å². The van der Waals surface area contributed by atoms with Crippen LogP contribution in [0.3, 0.4) is 0 Å². The average Bonchev–Trinajstić information content (AvgIpc) is 3.08. The second-order valence-electron chi connectivity index (χ2n) is 8.52.